The Kier molecular flexibility index (Phi) is 2.67. The number of benzene rings is 2. The second-order valence-electron chi connectivity index (χ2n) is 4.27. The number of hydrogen-bond acceptors (Lipinski definition) is 0. The van der Waals surface area contributed by atoms with Gasteiger partial charge in [0.2, 0.25) is 0 Å². The van der Waals surface area contributed by atoms with Crippen molar-refractivity contribution in [3.8, 4) is 0 Å². The summed E-state index contributed by atoms with van der Waals surface area (Å²) in [4.78, 5) is 0. The van der Waals surface area contributed by atoms with Crippen molar-refractivity contribution in [2.24, 2.45) is 0 Å². The molecule has 0 radical (unpaired) electrons. The minimum Gasteiger partial charge on any atom is -0.330 e. The minimum absolute atomic E-state index is 0.837. The predicted octanol–water partition coefficient (Wildman–Crippen LogP) is 4.71. The van der Waals surface area contributed by atoms with Crippen molar-refractivity contribution in [3.63, 3.8) is 0 Å². The zero-order chi connectivity index (χ0) is 11.8. The van der Waals surface area contributed by atoms with Crippen molar-refractivity contribution in [1.82, 2.24) is 4.57 Å². The van der Waals surface area contributed by atoms with Crippen LogP contribution in [0.25, 0.3) is 21.8 Å². The van der Waals surface area contributed by atoms with Gasteiger partial charge in [-0.05, 0) is 24.1 Å². The van der Waals surface area contributed by atoms with Crippen LogP contribution in [0.1, 0.15) is 12.5 Å². The number of nitrogens with zero attached hydrogens (tertiary/aromatic N) is 1. The van der Waals surface area contributed by atoms with Gasteiger partial charge in [-0.25, -0.2) is 0 Å². The molecule has 2 aromatic carbocycles. The first-order valence-corrected chi connectivity index (χ1v) is 7.03. The Morgan fingerprint density at radius 3 is 2.53 bits per heavy atom. The predicted molar refractivity (Wildman–Crippen MR) is 77.7 cm³/mol. The van der Waals surface area contributed by atoms with Crippen LogP contribution < -0.4 is 0 Å². The van der Waals surface area contributed by atoms with Gasteiger partial charge >= 0.3 is 0 Å². The van der Waals surface area contributed by atoms with Gasteiger partial charge < -0.3 is 4.57 Å². The first-order chi connectivity index (χ1) is 8.35. The van der Waals surface area contributed by atoms with Crippen molar-refractivity contribution >= 4 is 37.7 Å². The highest BCUT2D eigenvalue weighted by Crippen LogP contribution is 2.30. The molecule has 0 fully saturated rings. The summed E-state index contributed by atoms with van der Waals surface area (Å²) in [6, 6.07) is 15.4. The average molecular weight is 288 g/mol. The van der Waals surface area contributed by atoms with E-state index in [0.717, 1.165) is 11.9 Å². The highest BCUT2D eigenvalue weighted by molar-refractivity contribution is 9.08. The Morgan fingerprint density at radius 2 is 1.76 bits per heavy atom. The molecule has 0 unspecified atom stereocenters. The van der Waals surface area contributed by atoms with E-state index in [0.29, 0.717) is 0 Å². The third-order valence-electron chi connectivity index (χ3n) is 3.37. The third kappa shape index (κ3) is 1.59. The highest BCUT2D eigenvalue weighted by Gasteiger charge is 2.09. The Hall–Kier alpha value is -1.28. The van der Waals surface area contributed by atoms with E-state index in [1.54, 1.807) is 0 Å². The number of fused-ring (bicyclic) bond motifs is 3. The molecular formula is C15H14BrN. The van der Waals surface area contributed by atoms with Crippen LogP contribution in [0.2, 0.25) is 0 Å². The molecule has 86 valence electrons. The van der Waals surface area contributed by atoms with Gasteiger partial charge in [-0.1, -0.05) is 53.2 Å². The fraction of sp³-hybridized carbons (Fsp3) is 0.200. The Balaban J connectivity index is 2.49. The maximum Gasteiger partial charge on any atom is 0.0785 e. The van der Waals surface area contributed by atoms with Crippen LogP contribution in [0, 0.1) is 0 Å². The Bertz CT molecular complexity index is 682. The molecule has 0 N–H and O–H groups in total. The number of para-hydroxylation sites is 1. The first-order valence-electron chi connectivity index (χ1n) is 5.91. The van der Waals surface area contributed by atoms with Crippen molar-refractivity contribution in [2.75, 3.05) is 0 Å². The minimum atomic E-state index is 0.837. The third-order valence-corrected chi connectivity index (χ3v) is 3.87. The lowest BCUT2D eigenvalue weighted by molar-refractivity contribution is 0.995. The number of halogens is 1. The maximum absolute atomic E-state index is 3.59. The summed E-state index contributed by atoms with van der Waals surface area (Å²) in [5, 5.41) is 2.68. The molecule has 0 saturated heterocycles. The molecule has 0 aliphatic heterocycles. The topological polar surface area (TPSA) is 4.93 Å². The van der Waals surface area contributed by atoms with Gasteiger partial charge in [0.25, 0.3) is 0 Å². The summed E-state index contributed by atoms with van der Waals surface area (Å²) >= 11 is 3.59. The average Bonchev–Trinajstić information content (AvgIpc) is 2.71. The number of alkyl halides is 1. The zero-order valence-electron chi connectivity index (χ0n) is 9.78. The lowest BCUT2D eigenvalue weighted by Gasteiger charge is -2.02. The molecule has 0 aliphatic rings. The maximum atomic E-state index is 3.59. The van der Waals surface area contributed by atoms with Gasteiger partial charge in [-0.2, -0.15) is 0 Å². The van der Waals surface area contributed by atoms with Crippen LogP contribution in [-0.4, -0.2) is 4.57 Å². The van der Waals surface area contributed by atoms with Crippen LogP contribution in [0.5, 0.6) is 0 Å². The van der Waals surface area contributed by atoms with Crippen LogP contribution >= 0.6 is 15.9 Å². The lowest BCUT2D eigenvalue weighted by Crippen LogP contribution is -1.91. The fourth-order valence-electron chi connectivity index (χ4n) is 2.44. The smallest absolute Gasteiger partial charge is 0.0785 e. The van der Waals surface area contributed by atoms with Crippen molar-refractivity contribution in [3.05, 3.63) is 48.0 Å². The van der Waals surface area contributed by atoms with Crippen LogP contribution in [-0.2, 0) is 11.9 Å². The molecule has 0 bridgehead atoms. The van der Waals surface area contributed by atoms with E-state index < -0.39 is 0 Å². The second-order valence-corrected chi connectivity index (χ2v) is 4.77. The van der Waals surface area contributed by atoms with E-state index >= 15 is 0 Å². The quantitative estimate of drug-likeness (QED) is 0.602. The summed E-state index contributed by atoms with van der Waals surface area (Å²) in [6.07, 6.45) is 1.08. The monoisotopic (exact) mass is 287 g/mol. The number of rotatable bonds is 2. The number of aryl methyl sites for hydroxylation is 1. The van der Waals surface area contributed by atoms with Crippen LogP contribution in [0.15, 0.2) is 42.5 Å². The molecule has 0 aliphatic carbocycles. The van der Waals surface area contributed by atoms with Gasteiger partial charge in [0.05, 0.1) is 11.0 Å². The van der Waals surface area contributed by atoms with Crippen molar-refractivity contribution in [2.45, 2.75) is 18.8 Å². The summed E-state index contributed by atoms with van der Waals surface area (Å²) in [7, 11) is 0. The highest BCUT2D eigenvalue weighted by atomic mass is 79.9. The van der Waals surface area contributed by atoms with Gasteiger partial charge in [0.15, 0.2) is 0 Å². The van der Waals surface area contributed by atoms with Gasteiger partial charge in [0, 0.05) is 16.3 Å². The van der Waals surface area contributed by atoms with E-state index in [1.807, 2.05) is 0 Å². The molecule has 0 saturated carbocycles. The molecule has 1 aromatic heterocycles. The van der Waals surface area contributed by atoms with E-state index in [1.165, 1.54) is 27.4 Å². The normalized spacial score (nSPS) is 11.4. The largest absolute Gasteiger partial charge is 0.330 e. The summed E-state index contributed by atoms with van der Waals surface area (Å²) < 4.78 is 2.32. The first kappa shape index (κ1) is 10.8. The molecule has 0 spiro atoms. The Morgan fingerprint density at radius 1 is 1.00 bits per heavy atom. The molecule has 1 heterocycles. The molecule has 0 atom stereocenters. The standard InChI is InChI=1S/C15H14BrN/c1-2-11-7-8-13-12-5-3-4-6-14(12)17(10-16)15(13)9-11/h3-9H,2,10H2,1H3. The summed E-state index contributed by atoms with van der Waals surface area (Å²) in [5.74, 6) is 0. The van der Waals surface area contributed by atoms with Gasteiger partial charge in [0.1, 0.15) is 0 Å². The molecular weight excluding hydrogens is 274 g/mol. The van der Waals surface area contributed by atoms with E-state index in [2.05, 4.69) is 69.9 Å². The molecule has 3 aromatic rings. The van der Waals surface area contributed by atoms with Crippen molar-refractivity contribution in [1.29, 1.82) is 0 Å². The van der Waals surface area contributed by atoms with E-state index in [4.69, 9.17) is 0 Å². The van der Waals surface area contributed by atoms with E-state index in [-0.39, 0.29) is 0 Å². The SMILES string of the molecule is CCc1ccc2c3ccccc3n(CBr)c2c1. The Labute approximate surface area is 109 Å². The molecule has 2 heteroatoms. The number of hydrogen-bond donors (Lipinski definition) is 0. The van der Waals surface area contributed by atoms with Crippen LogP contribution in [0.3, 0.4) is 0 Å². The summed E-state index contributed by atoms with van der Waals surface area (Å²) in [6.45, 7) is 2.20. The number of aromatic nitrogens is 1. The van der Waals surface area contributed by atoms with Crippen LogP contribution in [0.4, 0.5) is 0 Å². The zero-order valence-corrected chi connectivity index (χ0v) is 11.4. The molecule has 1 nitrogen and oxygen atoms in total. The summed E-state index contributed by atoms with van der Waals surface area (Å²) in [5.41, 5.74) is 4.85. The molecule has 3 rings (SSSR count). The molecule has 17 heavy (non-hydrogen) atoms. The van der Waals surface area contributed by atoms with Gasteiger partial charge in [-0.15, -0.1) is 0 Å². The van der Waals surface area contributed by atoms with E-state index in [9.17, 15) is 0 Å². The van der Waals surface area contributed by atoms with Crippen molar-refractivity contribution < 1.29 is 0 Å². The second kappa shape index (κ2) is 4.19. The lowest BCUT2D eigenvalue weighted by atomic mass is 10.1. The fourth-order valence-corrected chi connectivity index (χ4v) is 2.98. The molecule has 0 amide bonds. The van der Waals surface area contributed by atoms with Gasteiger partial charge in [-0.3, -0.25) is 0 Å².